The van der Waals surface area contributed by atoms with Crippen LogP contribution < -0.4 is 0 Å². The van der Waals surface area contributed by atoms with Crippen LogP contribution in [0.3, 0.4) is 0 Å². The summed E-state index contributed by atoms with van der Waals surface area (Å²) in [6.45, 7) is 0.463. The normalized spacial score (nSPS) is 16.4. The molecule has 1 heterocycles. The third-order valence-electron chi connectivity index (χ3n) is 3.16. The molecule has 3 nitrogen and oxygen atoms in total. The van der Waals surface area contributed by atoms with E-state index in [4.69, 9.17) is 5.11 Å². The van der Waals surface area contributed by atoms with Crippen molar-refractivity contribution in [2.45, 2.75) is 36.6 Å². The Morgan fingerprint density at radius 3 is 2.76 bits per heavy atom. The van der Waals surface area contributed by atoms with Gasteiger partial charge < -0.3 is 10.0 Å². The fourth-order valence-electron chi connectivity index (χ4n) is 2.35. The molecular weight excluding hydrogens is 254 g/mol. The smallest absolute Gasteiger partial charge is 0.264 e. The molecule has 2 rings (SSSR count). The first-order valence-corrected chi connectivity index (χ1v) is 7.24. The third-order valence-corrected chi connectivity index (χ3v) is 4.51. The monoisotopic (exact) mass is 271 g/mol. The largest absolute Gasteiger partial charge is 0.395 e. The van der Waals surface area contributed by atoms with Crippen molar-refractivity contribution in [3.05, 3.63) is 16.3 Å². The number of carbonyl (C=O) groups excluding carboxylic acids is 1. The summed E-state index contributed by atoms with van der Waals surface area (Å²) in [7, 11) is 0. The summed E-state index contributed by atoms with van der Waals surface area (Å²) in [6.07, 6.45) is 4.49. The molecule has 1 aliphatic carbocycles. The van der Waals surface area contributed by atoms with Crippen molar-refractivity contribution < 1.29 is 9.90 Å². The zero-order valence-electron chi connectivity index (χ0n) is 9.63. The summed E-state index contributed by atoms with van der Waals surface area (Å²) < 4.78 is 0. The SMILES string of the molecule is O=C(c1cc(S)cs1)N(CCO)C1CCCC1. The minimum atomic E-state index is 0.0291. The van der Waals surface area contributed by atoms with Crippen LogP contribution >= 0.6 is 24.0 Å². The summed E-state index contributed by atoms with van der Waals surface area (Å²) >= 11 is 5.64. The zero-order chi connectivity index (χ0) is 12.3. The summed E-state index contributed by atoms with van der Waals surface area (Å²) in [5.74, 6) is 0.0382. The maximum atomic E-state index is 12.3. The Labute approximate surface area is 111 Å². The number of thiophene rings is 1. The Balaban J connectivity index is 2.12. The second-order valence-electron chi connectivity index (χ2n) is 4.33. The standard InChI is InChI=1S/C12H17NO2S2/c14-6-5-13(9-3-1-2-4-9)12(15)11-7-10(16)8-17-11/h7-9,14,16H,1-6H2. The molecule has 5 heteroatoms. The molecule has 94 valence electrons. The van der Waals surface area contributed by atoms with Gasteiger partial charge in [0.25, 0.3) is 5.91 Å². The number of nitrogens with zero attached hydrogens (tertiary/aromatic N) is 1. The Bertz CT molecular complexity index is 386. The quantitative estimate of drug-likeness (QED) is 0.826. The Hall–Kier alpha value is -0.520. The van der Waals surface area contributed by atoms with Gasteiger partial charge in [0.2, 0.25) is 0 Å². The van der Waals surface area contributed by atoms with Crippen LogP contribution in [0.5, 0.6) is 0 Å². The molecule has 0 atom stereocenters. The summed E-state index contributed by atoms with van der Waals surface area (Å²) in [6, 6.07) is 2.11. The highest BCUT2D eigenvalue weighted by Crippen LogP contribution is 2.26. The molecule has 0 spiro atoms. The van der Waals surface area contributed by atoms with Crippen molar-refractivity contribution >= 4 is 29.9 Å². The van der Waals surface area contributed by atoms with E-state index in [1.165, 1.54) is 24.2 Å². The Morgan fingerprint density at radius 2 is 2.24 bits per heavy atom. The van der Waals surface area contributed by atoms with Crippen LogP contribution in [-0.2, 0) is 0 Å². The first-order valence-electron chi connectivity index (χ1n) is 5.91. The molecule has 1 aromatic rings. The number of carbonyl (C=O) groups is 1. The van der Waals surface area contributed by atoms with E-state index in [9.17, 15) is 4.79 Å². The van der Waals surface area contributed by atoms with E-state index in [-0.39, 0.29) is 12.5 Å². The van der Waals surface area contributed by atoms with Crippen LogP contribution in [0.1, 0.15) is 35.4 Å². The van der Waals surface area contributed by atoms with Crippen molar-refractivity contribution in [2.75, 3.05) is 13.2 Å². The lowest BCUT2D eigenvalue weighted by Gasteiger charge is -2.27. The maximum Gasteiger partial charge on any atom is 0.264 e. The molecule has 1 amide bonds. The summed E-state index contributed by atoms with van der Waals surface area (Å²) in [5, 5.41) is 11.0. The molecule has 0 unspecified atom stereocenters. The van der Waals surface area contributed by atoms with Crippen molar-refractivity contribution in [1.82, 2.24) is 4.90 Å². The second kappa shape index (κ2) is 5.89. The molecule has 0 bridgehead atoms. The molecule has 0 aromatic carbocycles. The molecule has 1 N–H and O–H groups in total. The topological polar surface area (TPSA) is 40.5 Å². The molecule has 0 saturated heterocycles. The minimum Gasteiger partial charge on any atom is -0.395 e. The summed E-state index contributed by atoms with van der Waals surface area (Å²) in [4.78, 5) is 15.7. The van der Waals surface area contributed by atoms with Gasteiger partial charge in [-0.15, -0.1) is 24.0 Å². The van der Waals surface area contributed by atoms with Crippen LogP contribution in [0.4, 0.5) is 0 Å². The number of rotatable bonds is 4. The van der Waals surface area contributed by atoms with Gasteiger partial charge in [-0.25, -0.2) is 0 Å². The van der Waals surface area contributed by atoms with Crippen molar-refractivity contribution in [2.24, 2.45) is 0 Å². The van der Waals surface area contributed by atoms with Gasteiger partial charge in [-0.3, -0.25) is 4.79 Å². The highest BCUT2D eigenvalue weighted by atomic mass is 32.1. The fraction of sp³-hybridized carbons (Fsp3) is 0.583. The van der Waals surface area contributed by atoms with Crippen LogP contribution in [0.2, 0.25) is 0 Å². The molecule has 17 heavy (non-hydrogen) atoms. The number of hydrogen-bond donors (Lipinski definition) is 2. The van der Waals surface area contributed by atoms with E-state index in [1.807, 2.05) is 10.3 Å². The number of hydrogen-bond acceptors (Lipinski definition) is 4. The summed E-state index contributed by atoms with van der Waals surface area (Å²) in [5.41, 5.74) is 0. The highest BCUT2D eigenvalue weighted by Gasteiger charge is 2.27. The van der Waals surface area contributed by atoms with Crippen molar-refractivity contribution in [3.8, 4) is 0 Å². The zero-order valence-corrected chi connectivity index (χ0v) is 11.3. The van der Waals surface area contributed by atoms with E-state index in [1.54, 1.807) is 6.07 Å². The molecule has 0 radical (unpaired) electrons. The Kier molecular flexibility index (Phi) is 4.48. The van der Waals surface area contributed by atoms with Gasteiger partial charge in [-0.1, -0.05) is 12.8 Å². The van der Waals surface area contributed by atoms with E-state index in [0.717, 1.165) is 22.6 Å². The highest BCUT2D eigenvalue weighted by molar-refractivity contribution is 7.80. The van der Waals surface area contributed by atoms with Gasteiger partial charge in [0.1, 0.15) is 0 Å². The van der Waals surface area contributed by atoms with Crippen molar-refractivity contribution in [3.63, 3.8) is 0 Å². The predicted octanol–water partition coefficient (Wildman–Crippen LogP) is 2.41. The number of aliphatic hydroxyl groups excluding tert-OH is 1. The van der Waals surface area contributed by atoms with Crippen LogP contribution in [0, 0.1) is 0 Å². The average Bonchev–Trinajstić information content (AvgIpc) is 2.95. The lowest BCUT2D eigenvalue weighted by Crippen LogP contribution is -2.40. The minimum absolute atomic E-state index is 0.0291. The Morgan fingerprint density at radius 1 is 1.53 bits per heavy atom. The van der Waals surface area contributed by atoms with Gasteiger partial charge in [-0.2, -0.15) is 0 Å². The predicted molar refractivity (Wildman–Crippen MR) is 71.9 cm³/mol. The lowest BCUT2D eigenvalue weighted by atomic mass is 10.2. The van der Waals surface area contributed by atoms with E-state index in [2.05, 4.69) is 12.6 Å². The molecule has 0 aliphatic heterocycles. The van der Waals surface area contributed by atoms with Gasteiger partial charge in [-0.05, 0) is 18.9 Å². The van der Waals surface area contributed by atoms with Gasteiger partial charge >= 0.3 is 0 Å². The fourth-order valence-corrected chi connectivity index (χ4v) is 3.46. The van der Waals surface area contributed by atoms with E-state index in [0.29, 0.717) is 12.6 Å². The molecule has 1 aromatic heterocycles. The third kappa shape index (κ3) is 3.03. The molecule has 1 aliphatic rings. The lowest BCUT2D eigenvalue weighted by molar-refractivity contribution is 0.0643. The van der Waals surface area contributed by atoms with E-state index < -0.39 is 0 Å². The molecule has 1 fully saturated rings. The first kappa shape index (κ1) is 12.9. The van der Waals surface area contributed by atoms with Crippen LogP contribution in [0.15, 0.2) is 16.3 Å². The van der Waals surface area contributed by atoms with Gasteiger partial charge in [0, 0.05) is 22.9 Å². The second-order valence-corrected chi connectivity index (χ2v) is 5.76. The van der Waals surface area contributed by atoms with Crippen LogP contribution in [-0.4, -0.2) is 35.1 Å². The number of thiol groups is 1. The first-order chi connectivity index (χ1) is 8.22. The number of aliphatic hydroxyl groups is 1. The average molecular weight is 271 g/mol. The van der Waals surface area contributed by atoms with Crippen molar-refractivity contribution in [1.29, 1.82) is 0 Å². The molecular formula is C12H17NO2S2. The maximum absolute atomic E-state index is 12.3. The van der Waals surface area contributed by atoms with Gasteiger partial charge in [0.15, 0.2) is 0 Å². The molecule has 1 saturated carbocycles. The van der Waals surface area contributed by atoms with Gasteiger partial charge in [0.05, 0.1) is 11.5 Å². The number of amides is 1. The van der Waals surface area contributed by atoms with Crippen LogP contribution in [0.25, 0.3) is 0 Å². The van der Waals surface area contributed by atoms with E-state index >= 15 is 0 Å².